The third-order valence-corrected chi connectivity index (χ3v) is 4.75. The van der Waals surface area contributed by atoms with Crippen LogP contribution in [0, 0.1) is 0 Å². The van der Waals surface area contributed by atoms with Crippen LogP contribution in [0.4, 0.5) is 5.69 Å². The number of nitrogens with one attached hydrogen (secondary N) is 1. The van der Waals surface area contributed by atoms with E-state index in [0.717, 1.165) is 50.9 Å². The van der Waals surface area contributed by atoms with Gasteiger partial charge in [-0.1, -0.05) is 36.4 Å². The fraction of sp³-hybridized carbons (Fsp3) is 0.381. The maximum absolute atomic E-state index is 5.34. The first-order chi connectivity index (χ1) is 12.8. The normalized spacial score (nSPS) is 14.5. The first kappa shape index (κ1) is 21.3. The summed E-state index contributed by atoms with van der Waals surface area (Å²) >= 11 is 0. The van der Waals surface area contributed by atoms with Crippen LogP contribution in [0.5, 0.6) is 5.75 Å². The van der Waals surface area contributed by atoms with E-state index in [1.807, 2.05) is 19.2 Å². The number of piperazine rings is 1. The highest BCUT2D eigenvalue weighted by Gasteiger charge is 2.19. The van der Waals surface area contributed by atoms with Crippen LogP contribution in [0.2, 0.25) is 0 Å². The van der Waals surface area contributed by atoms with Crippen LogP contribution in [0.25, 0.3) is 0 Å². The molecule has 0 amide bonds. The van der Waals surface area contributed by atoms with Gasteiger partial charge >= 0.3 is 0 Å². The summed E-state index contributed by atoms with van der Waals surface area (Å²) < 4.78 is 5.34. The van der Waals surface area contributed by atoms with Crippen molar-refractivity contribution in [1.29, 1.82) is 0 Å². The molecule has 0 bridgehead atoms. The van der Waals surface area contributed by atoms with Crippen molar-refractivity contribution in [3.05, 3.63) is 60.2 Å². The highest BCUT2D eigenvalue weighted by Crippen LogP contribution is 2.22. The lowest BCUT2D eigenvalue weighted by atomic mass is 10.1. The van der Waals surface area contributed by atoms with Crippen LogP contribution in [0.1, 0.15) is 5.56 Å². The van der Waals surface area contributed by atoms with E-state index in [9.17, 15) is 0 Å². The molecule has 0 atom stereocenters. The second kappa shape index (κ2) is 11.0. The number of hydrogen-bond donors (Lipinski definition) is 1. The second-order valence-corrected chi connectivity index (χ2v) is 6.39. The predicted molar refractivity (Wildman–Crippen MR) is 124 cm³/mol. The number of nitrogens with zero attached hydrogens (tertiary/aromatic N) is 3. The lowest BCUT2D eigenvalue weighted by Gasteiger charge is -2.37. The molecule has 1 N–H and O–H groups in total. The van der Waals surface area contributed by atoms with E-state index < -0.39 is 0 Å². The first-order valence-corrected chi connectivity index (χ1v) is 9.18. The SMILES string of the molecule is CN=C(NCCc1ccccc1)N1CCN(c2cccc(OC)c2)CC1.I. The number of ether oxygens (including phenoxy) is 1. The van der Waals surface area contributed by atoms with E-state index in [4.69, 9.17) is 4.74 Å². The number of anilines is 1. The molecular formula is C21H29IN4O. The Bertz CT molecular complexity index is 715. The number of benzene rings is 2. The minimum Gasteiger partial charge on any atom is -0.497 e. The van der Waals surface area contributed by atoms with Gasteiger partial charge in [-0.3, -0.25) is 4.99 Å². The summed E-state index contributed by atoms with van der Waals surface area (Å²) in [6.45, 7) is 4.77. The number of guanidine groups is 1. The summed E-state index contributed by atoms with van der Waals surface area (Å²) in [7, 11) is 3.57. The molecule has 3 rings (SSSR count). The Hall–Kier alpha value is -1.96. The van der Waals surface area contributed by atoms with Crippen molar-refractivity contribution >= 4 is 35.6 Å². The van der Waals surface area contributed by atoms with Gasteiger partial charge in [-0.25, -0.2) is 0 Å². The van der Waals surface area contributed by atoms with Gasteiger partial charge in [0.2, 0.25) is 0 Å². The summed E-state index contributed by atoms with van der Waals surface area (Å²) in [4.78, 5) is 9.20. The zero-order valence-corrected chi connectivity index (χ0v) is 18.4. The molecule has 6 heteroatoms. The van der Waals surface area contributed by atoms with Crippen molar-refractivity contribution < 1.29 is 4.74 Å². The van der Waals surface area contributed by atoms with Gasteiger partial charge in [0, 0.05) is 51.5 Å². The monoisotopic (exact) mass is 480 g/mol. The molecule has 1 saturated heterocycles. The van der Waals surface area contributed by atoms with Crippen LogP contribution in [-0.2, 0) is 6.42 Å². The molecule has 0 spiro atoms. The largest absolute Gasteiger partial charge is 0.497 e. The van der Waals surface area contributed by atoms with E-state index in [2.05, 4.69) is 62.6 Å². The second-order valence-electron chi connectivity index (χ2n) is 6.39. The summed E-state index contributed by atoms with van der Waals surface area (Å²) in [6, 6.07) is 18.8. The lowest BCUT2D eigenvalue weighted by Crippen LogP contribution is -2.52. The number of rotatable bonds is 5. The molecule has 0 radical (unpaired) electrons. The van der Waals surface area contributed by atoms with Gasteiger partial charge in [-0.2, -0.15) is 0 Å². The molecular weight excluding hydrogens is 451 g/mol. The molecule has 2 aromatic rings. The Balaban J connectivity index is 0.00000261. The molecule has 2 aromatic carbocycles. The van der Waals surface area contributed by atoms with E-state index >= 15 is 0 Å². The van der Waals surface area contributed by atoms with Gasteiger partial charge in [-0.15, -0.1) is 24.0 Å². The van der Waals surface area contributed by atoms with Crippen molar-refractivity contribution in [1.82, 2.24) is 10.2 Å². The molecule has 0 saturated carbocycles. The standard InChI is InChI=1S/C21H28N4O.HI/c1-22-21(23-12-11-18-7-4-3-5-8-18)25-15-13-24(14-16-25)19-9-6-10-20(17-19)26-2;/h3-10,17H,11-16H2,1-2H3,(H,22,23);1H. The Morgan fingerprint density at radius 1 is 1.04 bits per heavy atom. The Labute approximate surface area is 179 Å². The van der Waals surface area contributed by atoms with Gasteiger partial charge in [0.15, 0.2) is 5.96 Å². The zero-order valence-electron chi connectivity index (χ0n) is 16.1. The molecule has 146 valence electrons. The fourth-order valence-corrected chi connectivity index (χ4v) is 3.28. The van der Waals surface area contributed by atoms with Gasteiger partial charge in [-0.05, 0) is 24.1 Å². The minimum absolute atomic E-state index is 0. The van der Waals surface area contributed by atoms with Crippen LogP contribution < -0.4 is 15.0 Å². The van der Waals surface area contributed by atoms with Gasteiger partial charge in [0.25, 0.3) is 0 Å². The Morgan fingerprint density at radius 3 is 2.44 bits per heavy atom. The van der Waals surface area contributed by atoms with E-state index in [0.29, 0.717) is 0 Å². The summed E-state index contributed by atoms with van der Waals surface area (Å²) in [6.07, 6.45) is 1.00. The Kier molecular flexibility index (Phi) is 8.71. The van der Waals surface area contributed by atoms with Crippen molar-refractivity contribution in [2.45, 2.75) is 6.42 Å². The molecule has 5 nitrogen and oxygen atoms in total. The fourth-order valence-electron chi connectivity index (χ4n) is 3.28. The van der Waals surface area contributed by atoms with Gasteiger partial charge in [0.1, 0.15) is 5.75 Å². The average Bonchev–Trinajstić information content (AvgIpc) is 2.72. The van der Waals surface area contributed by atoms with Crippen LogP contribution >= 0.6 is 24.0 Å². The Morgan fingerprint density at radius 2 is 1.78 bits per heavy atom. The van der Waals surface area contributed by atoms with Crippen molar-refractivity contribution in [2.24, 2.45) is 4.99 Å². The van der Waals surface area contributed by atoms with Crippen LogP contribution in [0.3, 0.4) is 0 Å². The summed E-state index contributed by atoms with van der Waals surface area (Å²) in [5.74, 6) is 1.90. The molecule has 1 fully saturated rings. The molecule has 1 aliphatic rings. The first-order valence-electron chi connectivity index (χ1n) is 9.18. The minimum atomic E-state index is 0. The molecule has 0 unspecified atom stereocenters. The molecule has 0 aliphatic carbocycles. The quantitative estimate of drug-likeness (QED) is 0.405. The highest BCUT2D eigenvalue weighted by molar-refractivity contribution is 14.0. The predicted octanol–water partition coefficient (Wildman–Crippen LogP) is 3.25. The van der Waals surface area contributed by atoms with Crippen LogP contribution in [-0.4, -0.2) is 57.7 Å². The maximum Gasteiger partial charge on any atom is 0.193 e. The van der Waals surface area contributed by atoms with Crippen molar-refractivity contribution in [2.75, 3.05) is 51.8 Å². The summed E-state index contributed by atoms with van der Waals surface area (Å²) in [5, 5.41) is 3.50. The molecule has 0 aromatic heterocycles. The van der Waals surface area contributed by atoms with Crippen LogP contribution in [0.15, 0.2) is 59.6 Å². The van der Waals surface area contributed by atoms with E-state index in [-0.39, 0.29) is 24.0 Å². The maximum atomic E-state index is 5.34. The van der Waals surface area contributed by atoms with Gasteiger partial charge in [0.05, 0.1) is 7.11 Å². The number of halogens is 1. The highest BCUT2D eigenvalue weighted by atomic mass is 127. The molecule has 1 aliphatic heterocycles. The third kappa shape index (κ3) is 6.02. The topological polar surface area (TPSA) is 40.1 Å². The van der Waals surface area contributed by atoms with E-state index in [1.54, 1.807) is 7.11 Å². The summed E-state index contributed by atoms with van der Waals surface area (Å²) in [5.41, 5.74) is 2.56. The lowest BCUT2D eigenvalue weighted by molar-refractivity contribution is 0.372. The van der Waals surface area contributed by atoms with Crippen molar-refractivity contribution in [3.8, 4) is 5.75 Å². The molecule has 27 heavy (non-hydrogen) atoms. The smallest absolute Gasteiger partial charge is 0.193 e. The number of aliphatic imine (C=N–C) groups is 1. The average molecular weight is 480 g/mol. The number of methoxy groups -OCH3 is 1. The molecule has 1 heterocycles. The van der Waals surface area contributed by atoms with Gasteiger partial charge < -0.3 is 19.9 Å². The van der Waals surface area contributed by atoms with Crippen molar-refractivity contribution in [3.63, 3.8) is 0 Å². The number of hydrogen-bond acceptors (Lipinski definition) is 3. The zero-order chi connectivity index (χ0) is 18.2. The van der Waals surface area contributed by atoms with E-state index in [1.165, 1.54) is 11.3 Å². The third-order valence-electron chi connectivity index (χ3n) is 4.75.